The average molecular weight is 186 g/mol. The van der Waals surface area contributed by atoms with Gasteiger partial charge in [-0.05, 0) is 6.07 Å². The third-order valence-corrected chi connectivity index (χ3v) is 1.88. The first-order valence-electron chi connectivity index (χ1n) is 3.91. The molecule has 0 saturated carbocycles. The second kappa shape index (κ2) is 3.26. The van der Waals surface area contributed by atoms with Crippen molar-refractivity contribution in [2.75, 3.05) is 13.2 Å². The molecule has 1 fully saturated rings. The van der Waals surface area contributed by atoms with Gasteiger partial charge in [0.1, 0.15) is 0 Å². The van der Waals surface area contributed by atoms with Gasteiger partial charge in [0, 0.05) is 12.3 Å². The molecule has 13 heavy (non-hydrogen) atoms. The molecule has 0 amide bonds. The van der Waals surface area contributed by atoms with Crippen LogP contribution in [0.15, 0.2) is 18.3 Å². The number of hydrogen-bond acceptors (Lipinski definition) is 2. The lowest BCUT2D eigenvalue weighted by Gasteiger charge is -2.25. The Labute approximate surface area is 73.6 Å². The molecule has 70 valence electrons. The van der Waals surface area contributed by atoms with Gasteiger partial charge in [-0.2, -0.15) is 13.9 Å². The average Bonchev–Trinajstić information content (AvgIpc) is 2.31. The SMILES string of the molecule is FC(F)=Cc1ccn(C2COC2)n1. The fraction of sp³-hybridized carbons (Fsp3) is 0.375. The summed E-state index contributed by atoms with van der Waals surface area (Å²) in [5.41, 5.74) is 0.284. The molecule has 1 aromatic heterocycles. The maximum Gasteiger partial charge on any atom is 0.272 e. The molecule has 0 unspecified atom stereocenters. The lowest BCUT2D eigenvalue weighted by molar-refractivity contribution is -0.0286. The van der Waals surface area contributed by atoms with Crippen molar-refractivity contribution in [3.8, 4) is 0 Å². The van der Waals surface area contributed by atoms with E-state index < -0.39 is 6.08 Å². The first-order valence-corrected chi connectivity index (χ1v) is 3.91. The monoisotopic (exact) mass is 186 g/mol. The van der Waals surface area contributed by atoms with Gasteiger partial charge in [0.15, 0.2) is 0 Å². The Kier molecular flexibility index (Phi) is 2.10. The van der Waals surface area contributed by atoms with E-state index in [1.165, 1.54) is 0 Å². The number of ether oxygens (including phenoxy) is 1. The summed E-state index contributed by atoms with van der Waals surface area (Å²) < 4.78 is 30.2. The van der Waals surface area contributed by atoms with E-state index >= 15 is 0 Å². The van der Waals surface area contributed by atoms with Crippen LogP contribution in [0, 0.1) is 0 Å². The van der Waals surface area contributed by atoms with Gasteiger partial charge < -0.3 is 4.74 Å². The van der Waals surface area contributed by atoms with Crippen LogP contribution in [-0.4, -0.2) is 23.0 Å². The van der Waals surface area contributed by atoms with Crippen molar-refractivity contribution in [1.29, 1.82) is 0 Å². The van der Waals surface area contributed by atoms with Gasteiger partial charge in [-0.3, -0.25) is 4.68 Å². The normalized spacial score (nSPS) is 16.8. The Morgan fingerprint density at radius 2 is 2.38 bits per heavy atom. The molecule has 5 heteroatoms. The molecular weight excluding hydrogens is 178 g/mol. The van der Waals surface area contributed by atoms with Crippen LogP contribution in [0.5, 0.6) is 0 Å². The van der Waals surface area contributed by atoms with Crippen molar-refractivity contribution in [1.82, 2.24) is 9.78 Å². The van der Waals surface area contributed by atoms with Crippen LogP contribution in [0.2, 0.25) is 0 Å². The molecule has 1 aliphatic rings. The Bertz CT molecular complexity index is 327. The molecule has 1 saturated heterocycles. The quantitative estimate of drug-likeness (QED) is 0.702. The zero-order valence-electron chi connectivity index (χ0n) is 6.78. The number of aromatic nitrogens is 2. The first kappa shape index (κ1) is 8.37. The highest BCUT2D eigenvalue weighted by atomic mass is 19.3. The fourth-order valence-corrected chi connectivity index (χ4v) is 1.12. The Morgan fingerprint density at radius 1 is 1.62 bits per heavy atom. The minimum Gasteiger partial charge on any atom is -0.377 e. The fourth-order valence-electron chi connectivity index (χ4n) is 1.12. The van der Waals surface area contributed by atoms with Gasteiger partial charge in [0.05, 0.1) is 24.9 Å². The van der Waals surface area contributed by atoms with Gasteiger partial charge in [0.25, 0.3) is 6.08 Å². The van der Waals surface area contributed by atoms with E-state index in [4.69, 9.17) is 4.74 Å². The molecule has 1 aliphatic heterocycles. The second-order valence-corrected chi connectivity index (χ2v) is 2.85. The number of halogens is 2. The lowest BCUT2D eigenvalue weighted by atomic mass is 10.3. The maximum absolute atomic E-state index is 11.8. The Morgan fingerprint density at radius 3 is 2.92 bits per heavy atom. The van der Waals surface area contributed by atoms with E-state index in [0.29, 0.717) is 13.2 Å². The summed E-state index contributed by atoms with van der Waals surface area (Å²) in [4.78, 5) is 0. The molecule has 0 bridgehead atoms. The molecule has 0 spiro atoms. The van der Waals surface area contributed by atoms with Crippen molar-refractivity contribution in [2.45, 2.75) is 6.04 Å². The molecule has 0 aromatic carbocycles. The van der Waals surface area contributed by atoms with Crippen LogP contribution in [0.3, 0.4) is 0 Å². The lowest BCUT2D eigenvalue weighted by Crippen LogP contribution is -2.30. The molecule has 0 aliphatic carbocycles. The predicted molar refractivity (Wildman–Crippen MR) is 42.3 cm³/mol. The van der Waals surface area contributed by atoms with Crippen molar-refractivity contribution < 1.29 is 13.5 Å². The Balaban J connectivity index is 2.13. The van der Waals surface area contributed by atoms with E-state index in [1.807, 2.05) is 0 Å². The van der Waals surface area contributed by atoms with Crippen molar-refractivity contribution in [3.05, 3.63) is 24.0 Å². The molecule has 0 radical (unpaired) electrons. The molecule has 2 heterocycles. The van der Waals surface area contributed by atoms with E-state index in [2.05, 4.69) is 5.10 Å². The Hall–Kier alpha value is -1.23. The zero-order chi connectivity index (χ0) is 9.26. The van der Waals surface area contributed by atoms with Gasteiger partial charge in [-0.15, -0.1) is 0 Å². The van der Waals surface area contributed by atoms with Crippen LogP contribution in [0.1, 0.15) is 11.7 Å². The minimum absolute atomic E-state index is 0.213. The molecule has 0 N–H and O–H groups in total. The summed E-state index contributed by atoms with van der Waals surface area (Å²) >= 11 is 0. The summed E-state index contributed by atoms with van der Waals surface area (Å²) in [7, 11) is 0. The highest BCUT2D eigenvalue weighted by molar-refractivity contribution is 5.43. The summed E-state index contributed by atoms with van der Waals surface area (Å²) in [5.74, 6) is 0. The van der Waals surface area contributed by atoms with E-state index in [9.17, 15) is 8.78 Å². The smallest absolute Gasteiger partial charge is 0.272 e. The van der Waals surface area contributed by atoms with Gasteiger partial charge in [-0.25, -0.2) is 0 Å². The van der Waals surface area contributed by atoms with Gasteiger partial charge >= 0.3 is 0 Å². The largest absolute Gasteiger partial charge is 0.377 e. The third kappa shape index (κ3) is 1.75. The van der Waals surface area contributed by atoms with Gasteiger partial charge in [0.2, 0.25) is 0 Å². The zero-order valence-corrected chi connectivity index (χ0v) is 6.78. The van der Waals surface area contributed by atoms with Crippen LogP contribution in [0.25, 0.3) is 6.08 Å². The summed E-state index contributed by atoms with van der Waals surface area (Å²) in [6.07, 6.45) is 0.702. The number of rotatable bonds is 2. The van der Waals surface area contributed by atoms with E-state index in [-0.39, 0.29) is 11.7 Å². The van der Waals surface area contributed by atoms with Crippen molar-refractivity contribution in [2.24, 2.45) is 0 Å². The van der Waals surface area contributed by atoms with Crippen LogP contribution in [-0.2, 0) is 4.74 Å². The van der Waals surface area contributed by atoms with E-state index in [1.54, 1.807) is 16.9 Å². The van der Waals surface area contributed by atoms with Crippen molar-refractivity contribution in [3.63, 3.8) is 0 Å². The van der Waals surface area contributed by atoms with Crippen LogP contribution >= 0.6 is 0 Å². The van der Waals surface area contributed by atoms with Crippen LogP contribution < -0.4 is 0 Å². The number of hydrogen-bond donors (Lipinski definition) is 0. The van der Waals surface area contributed by atoms with Crippen LogP contribution in [0.4, 0.5) is 8.78 Å². The highest BCUT2D eigenvalue weighted by Crippen LogP contribution is 2.16. The molecule has 1 aromatic rings. The topological polar surface area (TPSA) is 27.1 Å². The molecular formula is C8H8F2N2O. The summed E-state index contributed by atoms with van der Waals surface area (Å²) in [5, 5.41) is 3.95. The summed E-state index contributed by atoms with van der Waals surface area (Å²) in [6, 6.07) is 1.77. The highest BCUT2D eigenvalue weighted by Gasteiger charge is 2.20. The standard InChI is InChI=1S/C8H8F2N2O/c9-8(10)3-6-1-2-12(11-6)7-4-13-5-7/h1-3,7H,4-5H2. The van der Waals surface area contributed by atoms with Gasteiger partial charge in [-0.1, -0.05) is 0 Å². The molecule has 2 rings (SSSR count). The molecule has 3 nitrogen and oxygen atoms in total. The number of nitrogens with zero attached hydrogens (tertiary/aromatic N) is 2. The molecule has 0 atom stereocenters. The third-order valence-electron chi connectivity index (χ3n) is 1.88. The summed E-state index contributed by atoms with van der Waals surface area (Å²) in [6.45, 7) is 1.23. The second-order valence-electron chi connectivity index (χ2n) is 2.85. The minimum atomic E-state index is -1.73. The van der Waals surface area contributed by atoms with E-state index in [0.717, 1.165) is 6.08 Å². The maximum atomic E-state index is 11.8. The predicted octanol–water partition coefficient (Wildman–Crippen LogP) is 1.69. The van der Waals surface area contributed by atoms with Crippen molar-refractivity contribution >= 4 is 6.08 Å². The first-order chi connectivity index (χ1) is 6.25.